The fourth-order valence-corrected chi connectivity index (χ4v) is 2.10. The number of rotatable bonds is 5. The number of hydrogen-bond acceptors (Lipinski definition) is 3. The second kappa shape index (κ2) is 7.68. The summed E-state index contributed by atoms with van der Waals surface area (Å²) in [6.07, 6.45) is -0.824. The van der Waals surface area contributed by atoms with Crippen molar-refractivity contribution in [2.45, 2.75) is 6.10 Å². The molecule has 5 nitrogen and oxygen atoms in total. The number of halogens is 1. The maximum absolute atomic E-state index is 11.8. The van der Waals surface area contributed by atoms with Crippen LogP contribution in [0, 0.1) is 0 Å². The molecule has 0 aromatic heterocycles. The van der Waals surface area contributed by atoms with Crippen LogP contribution in [0.1, 0.15) is 11.7 Å². The van der Waals surface area contributed by atoms with Crippen LogP contribution in [0.4, 0.5) is 10.5 Å². The van der Waals surface area contributed by atoms with Gasteiger partial charge < -0.3 is 20.5 Å². The molecule has 1 atom stereocenters. The monoisotopic (exact) mass is 320 g/mol. The Morgan fingerprint density at radius 2 is 2.05 bits per heavy atom. The van der Waals surface area contributed by atoms with Crippen molar-refractivity contribution < 1.29 is 14.6 Å². The molecule has 6 heteroatoms. The summed E-state index contributed by atoms with van der Waals surface area (Å²) in [6.45, 7) is 0.0795. The molecule has 2 aromatic carbocycles. The molecule has 2 amide bonds. The van der Waals surface area contributed by atoms with E-state index in [0.29, 0.717) is 22.0 Å². The zero-order valence-corrected chi connectivity index (χ0v) is 12.8. The van der Waals surface area contributed by atoms with E-state index in [2.05, 4.69) is 10.6 Å². The van der Waals surface area contributed by atoms with Crippen molar-refractivity contribution >= 4 is 23.3 Å². The highest BCUT2D eigenvalue weighted by atomic mass is 35.5. The Balaban J connectivity index is 1.87. The summed E-state index contributed by atoms with van der Waals surface area (Å²) < 4.78 is 5.08. The third-order valence-corrected chi connectivity index (χ3v) is 3.25. The third-order valence-electron chi connectivity index (χ3n) is 3.02. The fourth-order valence-electron chi connectivity index (χ4n) is 1.90. The van der Waals surface area contributed by atoms with Crippen molar-refractivity contribution in [1.82, 2.24) is 5.32 Å². The Labute approximate surface area is 133 Å². The van der Waals surface area contributed by atoms with Gasteiger partial charge in [0.1, 0.15) is 5.75 Å². The lowest BCUT2D eigenvalue weighted by molar-refractivity contribution is 0.175. The normalized spacial score (nSPS) is 11.6. The molecular formula is C16H17ClN2O3. The van der Waals surface area contributed by atoms with E-state index in [9.17, 15) is 9.90 Å². The number of carbonyl (C=O) groups is 1. The van der Waals surface area contributed by atoms with Gasteiger partial charge in [0.15, 0.2) is 0 Å². The summed E-state index contributed by atoms with van der Waals surface area (Å²) in [6, 6.07) is 13.5. The molecule has 2 rings (SSSR count). The molecule has 2 aromatic rings. The maximum atomic E-state index is 11.8. The van der Waals surface area contributed by atoms with Crippen molar-refractivity contribution in [3.8, 4) is 5.75 Å². The maximum Gasteiger partial charge on any atom is 0.319 e. The Bertz CT molecular complexity index is 649. The van der Waals surface area contributed by atoms with E-state index in [1.807, 2.05) is 0 Å². The van der Waals surface area contributed by atoms with Gasteiger partial charge in [0.25, 0.3) is 0 Å². The molecule has 0 spiro atoms. The second-order valence-electron chi connectivity index (χ2n) is 4.64. The SMILES string of the molecule is COc1cccc(NC(=O)NC[C@@H](O)c2cccc(Cl)c2)c1. The van der Waals surface area contributed by atoms with E-state index in [0.717, 1.165) is 0 Å². The molecule has 0 aliphatic rings. The average Bonchev–Trinajstić information content (AvgIpc) is 2.52. The number of aliphatic hydroxyl groups excluding tert-OH is 1. The molecule has 0 fully saturated rings. The van der Waals surface area contributed by atoms with E-state index in [1.54, 1.807) is 55.6 Å². The molecule has 0 aliphatic carbocycles. The number of anilines is 1. The predicted octanol–water partition coefficient (Wildman–Crippen LogP) is 3.20. The number of aliphatic hydroxyl groups is 1. The van der Waals surface area contributed by atoms with Crippen LogP contribution in [0.25, 0.3) is 0 Å². The number of amides is 2. The summed E-state index contributed by atoms with van der Waals surface area (Å²) >= 11 is 5.86. The van der Waals surface area contributed by atoms with Gasteiger partial charge in [0, 0.05) is 23.3 Å². The molecule has 3 N–H and O–H groups in total. The Morgan fingerprint density at radius 1 is 1.27 bits per heavy atom. The minimum Gasteiger partial charge on any atom is -0.497 e. The smallest absolute Gasteiger partial charge is 0.319 e. The van der Waals surface area contributed by atoms with E-state index in [-0.39, 0.29) is 6.54 Å². The molecule has 0 saturated heterocycles. The van der Waals surface area contributed by atoms with Gasteiger partial charge in [-0.2, -0.15) is 0 Å². The number of carbonyl (C=O) groups excluding carboxylic acids is 1. The molecule has 0 heterocycles. The van der Waals surface area contributed by atoms with Crippen LogP contribution >= 0.6 is 11.6 Å². The number of benzene rings is 2. The van der Waals surface area contributed by atoms with Gasteiger partial charge in [-0.1, -0.05) is 29.8 Å². The summed E-state index contributed by atoms with van der Waals surface area (Å²) in [7, 11) is 1.56. The van der Waals surface area contributed by atoms with Gasteiger partial charge in [-0.3, -0.25) is 0 Å². The van der Waals surface area contributed by atoms with Gasteiger partial charge in [0.2, 0.25) is 0 Å². The molecule has 0 saturated carbocycles. The highest BCUT2D eigenvalue weighted by Crippen LogP contribution is 2.18. The van der Waals surface area contributed by atoms with Crippen LogP contribution < -0.4 is 15.4 Å². The van der Waals surface area contributed by atoms with Crippen molar-refractivity contribution in [2.75, 3.05) is 19.0 Å². The minimum absolute atomic E-state index is 0.0795. The number of hydrogen-bond donors (Lipinski definition) is 3. The Hall–Kier alpha value is -2.24. The topological polar surface area (TPSA) is 70.6 Å². The van der Waals surface area contributed by atoms with E-state index in [1.165, 1.54) is 0 Å². The number of ether oxygens (including phenoxy) is 1. The highest BCUT2D eigenvalue weighted by Gasteiger charge is 2.10. The zero-order chi connectivity index (χ0) is 15.9. The van der Waals surface area contributed by atoms with Crippen LogP contribution in [0.15, 0.2) is 48.5 Å². The minimum atomic E-state index is -0.824. The van der Waals surface area contributed by atoms with Gasteiger partial charge in [0.05, 0.1) is 13.2 Å². The Kier molecular flexibility index (Phi) is 5.63. The van der Waals surface area contributed by atoms with Crippen molar-refractivity contribution in [3.63, 3.8) is 0 Å². The molecule has 0 aliphatic heterocycles. The number of methoxy groups -OCH3 is 1. The first-order valence-corrected chi connectivity index (χ1v) is 7.08. The Morgan fingerprint density at radius 3 is 2.77 bits per heavy atom. The fraction of sp³-hybridized carbons (Fsp3) is 0.188. The summed E-state index contributed by atoms with van der Waals surface area (Å²) in [5.74, 6) is 0.650. The summed E-state index contributed by atoms with van der Waals surface area (Å²) in [5, 5.41) is 15.8. The highest BCUT2D eigenvalue weighted by molar-refractivity contribution is 6.30. The molecule has 0 radical (unpaired) electrons. The lowest BCUT2D eigenvalue weighted by Gasteiger charge is -2.13. The quantitative estimate of drug-likeness (QED) is 0.792. The molecule has 0 bridgehead atoms. The van der Waals surface area contributed by atoms with Gasteiger partial charge in [-0.05, 0) is 29.8 Å². The van der Waals surface area contributed by atoms with E-state index in [4.69, 9.17) is 16.3 Å². The number of urea groups is 1. The largest absolute Gasteiger partial charge is 0.497 e. The van der Waals surface area contributed by atoms with Gasteiger partial charge >= 0.3 is 6.03 Å². The van der Waals surface area contributed by atoms with Crippen LogP contribution in [-0.2, 0) is 0 Å². The van der Waals surface area contributed by atoms with E-state index < -0.39 is 12.1 Å². The second-order valence-corrected chi connectivity index (χ2v) is 5.07. The predicted molar refractivity (Wildman–Crippen MR) is 86.4 cm³/mol. The molecule has 22 heavy (non-hydrogen) atoms. The van der Waals surface area contributed by atoms with Crippen LogP contribution in [0.3, 0.4) is 0 Å². The van der Waals surface area contributed by atoms with Gasteiger partial charge in [-0.25, -0.2) is 4.79 Å². The third kappa shape index (κ3) is 4.65. The van der Waals surface area contributed by atoms with Crippen LogP contribution in [0.2, 0.25) is 5.02 Å². The standard InChI is InChI=1S/C16H17ClN2O3/c1-22-14-7-3-6-13(9-14)19-16(21)18-10-15(20)11-4-2-5-12(17)8-11/h2-9,15,20H,10H2,1H3,(H2,18,19,21)/t15-/m1/s1. The van der Waals surface area contributed by atoms with Crippen LogP contribution in [0.5, 0.6) is 5.75 Å². The van der Waals surface area contributed by atoms with Crippen LogP contribution in [-0.4, -0.2) is 24.8 Å². The molecular weight excluding hydrogens is 304 g/mol. The summed E-state index contributed by atoms with van der Waals surface area (Å²) in [5.41, 5.74) is 1.25. The first-order chi connectivity index (χ1) is 10.6. The lowest BCUT2D eigenvalue weighted by atomic mass is 10.1. The first kappa shape index (κ1) is 16.1. The zero-order valence-electron chi connectivity index (χ0n) is 12.0. The summed E-state index contributed by atoms with van der Waals surface area (Å²) in [4.78, 5) is 11.8. The number of nitrogens with one attached hydrogen (secondary N) is 2. The van der Waals surface area contributed by atoms with Crippen molar-refractivity contribution in [3.05, 3.63) is 59.1 Å². The lowest BCUT2D eigenvalue weighted by Crippen LogP contribution is -2.32. The average molecular weight is 321 g/mol. The molecule has 116 valence electrons. The van der Waals surface area contributed by atoms with Crippen molar-refractivity contribution in [2.24, 2.45) is 0 Å². The van der Waals surface area contributed by atoms with E-state index >= 15 is 0 Å². The van der Waals surface area contributed by atoms with Gasteiger partial charge in [-0.15, -0.1) is 0 Å². The van der Waals surface area contributed by atoms with Crippen molar-refractivity contribution in [1.29, 1.82) is 0 Å². The molecule has 0 unspecified atom stereocenters. The first-order valence-electron chi connectivity index (χ1n) is 6.71.